The highest BCUT2D eigenvalue weighted by Gasteiger charge is 2.28. The van der Waals surface area contributed by atoms with Gasteiger partial charge in [0.25, 0.3) is 0 Å². The Kier molecular flexibility index (Phi) is 2.54. The molecule has 0 aromatic heterocycles. The zero-order valence-corrected chi connectivity index (χ0v) is 8.33. The van der Waals surface area contributed by atoms with Gasteiger partial charge in [-0.25, -0.2) is 0 Å². The number of nitrogens with zero attached hydrogens (tertiary/aromatic N) is 2. The minimum absolute atomic E-state index is 0.346. The van der Waals surface area contributed by atoms with Gasteiger partial charge in [0.2, 0.25) is 5.91 Å². The van der Waals surface area contributed by atoms with Crippen LogP contribution in [0.4, 0.5) is 0 Å². The molecule has 0 radical (unpaired) electrons. The summed E-state index contributed by atoms with van der Waals surface area (Å²) in [4.78, 5) is 15.8. The van der Waals surface area contributed by atoms with Crippen LogP contribution in [0.25, 0.3) is 0 Å². The van der Waals surface area contributed by atoms with Gasteiger partial charge in [-0.3, -0.25) is 9.69 Å². The predicted molar refractivity (Wildman–Crippen MR) is 51.2 cm³/mol. The molecule has 0 unspecified atom stereocenters. The Balaban J connectivity index is 1.81. The molecule has 2 aliphatic rings. The van der Waals surface area contributed by atoms with E-state index in [0.29, 0.717) is 5.91 Å². The second kappa shape index (κ2) is 3.66. The zero-order valence-electron chi connectivity index (χ0n) is 8.33. The number of hydrogen-bond acceptors (Lipinski definition) is 2. The second-order valence-corrected chi connectivity index (χ2v) is 4.24. The van der Waals surface area contributed by atoms with Crippen LogP contribution in [-0.4, -0.2) is 42.0 Å². The zero-order chi connectivity index (χ0) is 9.26. The lowest BCUT2D eigenvalue weighted by Crippen LogP contribution is -2.43. The highest BCUT2D eigenvalue weighted by molar-refractivity contribution is 5.76. The normalized spacial score (nSPS) is 24.2. The summed E-state index contributed by atoms with van der Waals surface area (Å²) in [7, 11) is 2.12. The summed E-state index contributed by atoms with van der Waals surface area (Å²) < 4.78 is 0. The molecule has 1 aliphatic heterocycles. The number of hydrogen-bond donors (Lipinski definition) is 0. The molecule has 3 heteroatoms. The van der Waals surface area contributed by atoms with Gasteiger partial charge in [-0.05, 0) is 32.7 Å². The Hall–Kier alpha value is -0.570. The summed E-state index contributed by atoms with van der Waals surface area (Å²) in [6, 6.07) is 0.759. The Morgan fingerprint density at radius 1 is 1.46 bits per heavy atom. The molecule has 1 heterocycles. The summed E-state index contributed by atoms with van der Waals surface area (Å²) in [6.45, 7) is 1.82. The molecule has 2 fully saturated rings. The monoisotopic (exact) mass is 182 g/mol. The lowest BCUT2D eigenvalue weighted by Gasteiger charge is -2.30. The third-order valence-corrected chi connectivity index (χ3v) is 2.99. The third kappa shape index (κ3) is 2.21. The molecule has 0 aromatic rings. The fourth-order valence-corrected chi connectivity index (χ4v) is 1.91. The highest BCUT2D eigenvalue weighted by Crippen LogP contribution is 2.25. The van der Waals surface area contributed by atoms with E-state index in [9.17, 15) is 4.79 Å². The fraction of sp³-hybridized carbons (Fsp3) is 0.900. The molecule has 74 valence electrons. The summed E-state index contributed by atoms with van der Waals surface area (Å²) in [5, 5.41) is 0. The van der Waals surface area contributed by atoms with Crippen LogP contribution in [-0.2, 0) is 4.79 Å². The third-order valence-electron chi connectivity index (χ3n) is 2.99. The van der Waals surface area contributed by atoms with Crippen molar-refractivity contribution >= 4 is 5.91 Å². The topological polar surface area (TPSA) is 23.6 Å². The summed E-state index contributed by atoms with van der Waals surface area (Å²) in [6.07, 6.45) is 5.67. The van der Waals surface area contributed by atoms with E-state index < -0.39 is 0 Å². The summed E-state index contributed by atoms with van der Waals surface area (Å²) in [5.41, 5.74) is 0. The standard InChI is InChI=1S/C10H18N2O/c1-11(9-5-6-9)8-12-7-3-2-4-10(12)13/h9H,2-8H2,1H3. The number of piperidine rings is 1. The summed E-state index contributed by atoms with van der Waals surface area (Å²) >= 11 is 0. The molecular weight excluding hydrogens is 164 g/mol. The van der Waals surface area contributed by atoms with E-state index >= 15 is 0 Å². The minimum atomic E-state index is 0.346. The Morgan fingerprint density at radius 3 is 2.85 bits per heavy atom. The van der Waals surface area contributed by atoms with Gasteiger partial charge in [0, 0.05) is 19.0 Å². The molecule has 1 saturated carbocycles. The number of amides is 1. The van der Waals surface area contributed by atoms with Gasteiger partial charge in [-0.1, -0.05) is 0 Å². The van der Waals surface area contributed by atoms with Gasteiger partial charge in [0.15, 0.2) is 0 Å². The maximum Gasteiger partial charge on any atom is 0.223 e. The first-order valence-corrected chi connectivity index (χ1v) is 5.25. The van der Waals surface area contributed by atoms with E-state index in [1.54, 1.807) is 0 Å². The van der Waals surface area contributed by atoms with E-state index in [1.165, 1.54) is 19.3 Å². The van der Waals surface area contributed by atoms with Crippen LogP contribution in [0.1, 0.15) is 32.1 Å². The Morgan fingerprint density at radius 2 is 2.23 bits per heavy atom. The van der Waals surface area contributed by atoms with E-state index in [1.807, 2.05) is 4.90 Å². The van der Waals surface area contributed by atoms with E-state index in [2.05, 4.69) is 11.9 Å². The highest BCUT2D eigenvalue weighted by atomic mass is 16.2. The number of rotatable bonds is 3. The molecule has 0 atom stereocenters. The van der Waals surface area contributed by atoms with Crippen LogP contribution in [0, 0.1) is 0 Å². The Bertz CT molecular complexity index is 201. The quantitative estimate of drug-likeness (QED) is 0.651. The van der Waals surface area contributed by atoms with Crippen molar-refractivity contribution in [2.24, 2.45) is 0 Å². The maximum absolute atomic E-state index is 11.5. The van der Waals surface area contributed by atoms with Gasteiger partial charge in [0.1, 0.15) is 0 Å². The maximum atomic E-state index is 11.5. The minimum Gasteiger partial charge on any atom is -0.330 e. The average molecular weight is 182 g/mol. The van der Waals surface area contributed by atoms with Gasteiger partial charge in [-0.2, -0.15) is 0 Å². The van der Waals surface area contributed by atoms with E-state index in [4.69, 9.17) is 0 Å². The van der Waals surface area contributed by atoms with Crippen molar-refractivity contribution in [1.82, 2.24) is 9.80 Å². The van der Waals surface area contributed by atoms with Gasteiger partial charge >= 0.3 is 0 Å². The van der Waals surface area contributed by atoms with Crippen molar-refractivity contribution in [1.29, 1.82) is 0 Å². The first kappa shape index (κ1) is 9.00. The van der Waals surface area contributed by atoms with Crippen LogP contribution < -0.4 is 0 Å². The predicted octanol–water partition coefficient (Wildman–Crippen LogP) is 1.05. The molecule has 13 heavy (non-hydrogen) atoms. The lowest BCUT2D eigenvalue weighted by atomic mass is 10.1. The molecular formula is C10H18N2O. The second-order valence-electron chi connectivity index (χ2n) is 4.24. The van der Waals surface area contributed by atoms with Crippen molar-refractivity contribution in [3.8, 4) is 0 Å². The number of likely N-dealkylation sites (tertiary alicyclic amines) is 1. The Labute approximate surface area is 79.7 Å². The largest absolute Gasteiger partial charge is 0.330 e. The first-order chi connectivity index (χ1) is 6.27. The van der Waals surface area contributed by atoms with Gasteiger partial charge in [0.05, 0.1) is 6.67 Å². The van der Waals surface area contributed by atoms with Crippen LogP contribution in [0.15, 0.2) is 0 Å². The fourth-order valence-electron chi connectivity index (χ4n) is 1.91. The summed E-state index contributed by atoms with van der Waals surface area (Å²) in [5.74, 6) is 0.346. The number of carbonyl (C=O) groups is 1. The average Bonchev–Trinajstić information content (AvgIpc) is 2.91. The molecule has 1 saturated heterocycles. The van der Waals surface area contributed by atoms with Crippen molar-refractivity contribution in [2.45, 2.75) is 38.1 Å². The van der Waals surface area contributed by atoms with Crippen LogP contribution in [0.5, 0.6) is 0 Å². The molecule has 1 aliphatic carbocycles. The van der Waals surface area contributed by atoms with Crippen molar-refractivity contribution < 1.29 is 4.79 Å². The molecule has 1 amide bonds. The lowest BCUT2D eigenvalue weighted by molar-refractivity contribution is -0.135. The van der Waals surface area contributed by atoms with Crippen LogP contribution in [0.3, 0.4) is 0 Å². The van der Waals surface area contributed by atoms with Crippen molar-refractivity contribution in [3.63, 3.8) is 0 Å². The van der Waals surface area contributed by atoms with Crippen LogP contribution >= 0.6 is 0 Å². The van der Waals surface area contributed by atoms with Gasteiger partial charge in [-0.15, -0.1) is 0 Å². The molecule has 0 aromatic carbocycles. The SMILES string of the molecule is CN(CN1CCCCC1=O)C1CC1. The van der Waals surface area contributed by atoms with Crippen molar-refractivity contribution in [2.75, 3.05) is 20.3 Å². The molecule has 3 nitrogen and oxygen atoms in total. The van der Waals surface area contributed by atoms with Gasteiger partial charge < -0.3 is 4.90 Å². The first-order valence-electron chi connectivity index (χ1n) is 5.25. The molecule has 2 rings (SSSR count). The molecule has 0 bridgehead atoms. The smallest absolute Gasteiger partial charge is 0.223 e. The molecule has 0 N–H and O–H groups in total. The van der Waals surface area contributed by atoms with Crippen molar-refractivity contribution in [3.05, 3.63) is 0 Å². The van der Waals surface area contributed by atoms with E-state index in [0.717, 1.165) is 32.1 Å². The van der Waals surface area contributed by atoms with Crippen LogP contribution in [0.2, 0.25) is 0 Å². The number of carbonyl (C=O) groups excluding carboxylic acids is 1. The molecule has 0 spiro atoms. The van der Waals surface area contributed by atoms with E-state index in [-0.39, 0.29) is 0 Å².